The van der Waals surface area contributed by atoms with E-state index in [4.69, 9.17) is 0 Å². The van der Waals surface area contributed by atoms with E-state index in [-0.39, 0.29) is 18.4 Å². The van der Waals surface area contributed by atoms with E-state index < -0.39 is 0 Å². The molecule has 4 heteroatoms. The second-order valence-corrected chi connectivity index (χ2v) is 2.58. The van der Waals surface area contributed by atoms with Crippen LogP contribution in [-0.4, -0.2) is 26.2 Å². The summed E-state index contributed by atoms with van der Waals surface area (Å²) in [6.45, 7) is 1.95. The number of methoxy groups -OCH3 is 1. The number of hydrogen-bond donors (Lipinski definition) is 1. The zero-order valence-corrected chi connectivity index (χ0v) is 7.95. The molecule has 70 valence electrons. The summed E-state index contributed by atoms with van der Waals surface area (Å²) in [7, 11) is 1.40. The van der Waals surface area contributed by atoms with Crippen LogP contribution in [0.25, 0.3) is 0 Å². The summed E-state index contributed by atoms with van der Waals surface area (Å²) in [5.41, 5.74) is 1.19. The predicted molar refractivity (Wildman–Crippen MR) is 49.5 cm³/mol. The Kier molecular flexibility index (Phi) is 5.76. The van der Waals surface area contributed by atoms with Crippen LogP contribution >= 0.6 is 12.4 Å². The molecule has 0 radical (unpaired) electrons. The molecule has 1 fully saturated rings. The van der Waals surface area contributed by atoms with Gasteiger partial charge in [-0.2, -0.15) is 0 Å². The number of esters is 1. The minimum Gasteiger partial charge on any atom is -0.466 e. The van der Waals surface area contributed by atoms with Crippen LogP contribution in [0.5, 0.6) is 0 Å². The molecule has 0 saturated carbocycles. The second-order valence-electron chi connectivity index (χ2n) is 2.58. The van der Waals surface area contributed by atoms with Gasteiger partial charge in [-0.15, -0.1) is 12.4 Å². The monoisotopic (exact) mass is 191 g/mol. The third kappa shape index (κ3) is 3.74. The number of nitrogens with one attached hydrogen (secondary N) is 1. The van der Waals surface area contributed by atoms with Gasteiger partial charge in [0.25, 0.3) is 0 Å². The molecule has 0 aromatic carbocycles. The minimum absolute atomic E-state index is 0. The fourth-order valence-electron chi connectivity index (χ4n) is 1.12. The van der Waals surface area contributed by atoms with Crippen molar-refractivity contribution >= 4 is 18.4 Å². The van der Waals surface area contributed by atoms with Crippen molar-refractivity contribution in [3.8, 4) is 0 Å². The Hall–Kier alpha value is -0.540. The van der Waals surface area contributed by atoms with Crippen LogP contribution in [0, 0.1) is 0 Å². The Morgan fingerprint density at radius 2 is 2.08 bits per heavy atom. The Bertz CT molecular complexity index is 172. The smallest absolute Gasteiger partial charge is 0.330 e. The summed E-state index contributed by atoms with van der Waals surface area (Å²) in [6.07, 6.45) is 3.53. The highest BCUT2D eigenvalue weighted by atomic mass is 35.5. The van der Waals surface area contributed by atoms with Gasteiger partial charge in [0.05, 0.1) is 7.11 Å². The Morgan fingerprint density at radius 1 is 1.50 bits per heavy atom. The van der Waals surface area contributed by atoms with Crippen molar-refractivity contribution in [2.75, 3.05) is 20.2 Å². The average molecular weight is 192 g/mol. The quantitative estimate of drug-likeness (QED) is 0.494. The SMILES string of the molecule is COC(=O)C=C1CCNCC1.Cl. The van der Waals surface area contributed by atoms with Gasteiger partial charge in [-0.05, 0) is 25.9 Å². The highest BCUT2D eigenvalue weighted by Gasteiger charge is 2.05. The highest BCUT2D eigenvalue weighted by Crippen LogP contribution is 2.09. The molecular weight excluding hydrogens is 178 g/mol. The van der Waals surface area contributed by atoms with Crippen molar-refractivity contribution in [1.82, 2.24) is 5.32 Å². The molecule has 12 heavy (non-hydrogen) atoms. The van der Waals surface area contributed by atoms with Crippen molar-refractivity contribution in [2.24, 2.45) is 0 Å². The van der Waals surface area contributed by atoms with Gasteiger partial charge in [0, 0.05) is 6.08 Å². The lowest BCUT2D eigenvalue weighted by molar-refractivity contribution is -0.134. The summed E-state index contributed by atoms with van der Waals surface area (Å²) in [5.74, 6) is -0.234. The van der Waals surface area contributed by atoms with Crippen molar-refractivity contribution in [3.63, 3.8) is 0 Å². The molecule has 0 aromatic heterocycles. The maximum atomic E-state index is 10.8. The molecular formula is C8H14ClNO2. The van der Waals surface area contributed by atoms with Crippen LogP contribution in [0.2, 0.25) is 0 Å². The molecule has 1 aliphatic heterocycles. The van der Waals surface area contributed by atoms with Gasteiger partial charge in [0.2, 0.25) is 0 Å². The average Bonchev–Trinajstić information content (AvgIpc) is 2.06. The van der Waals surface area contributed by atoms with E-state index in [1.54, 1.807) is 6.08 Å². The third-order valence-corrected chi connectivity index (χ3v) is 1.77. The van der Waals surface area contributed by atoms with Gasteiger partial charge in [0.15, 0.2) is 0 Å². The lowest BCUT2D eigenvalue weighted by Crippen LogP contribution is -2.23. The van der Waals surface area contributed by atoms with Crippen LogP contribution in [0.15, 0.2) is 11.6 Å². The molecule has 1 heterocycles. The molecule has 1 aliphatic rings. The van der Waals surface area contributed by atoms with Gasteiger partial charge in [0.1, 0.15) is 0 Å². The van der Waals surface area contributed by atoms with E-state index in [9.17, 15) is 4.79 Å². The number of carbonyl (C=O) groups is 1. The molecule has 3 nitrogen and oxygen atoms in total. The van der Waals surface area contributed by atoms with Crippen LogP contribution in [0.1, 0.15) is 12.8 Å². The molecule has 0 amide bonds. The maximum Gasteiger partial charge on any atom is 0.330 e. The lowest BCUT2D eigenvalue weighted by Gasteiger charge is -2.14. The van der Waals surface area contributed by atoms with Crippen LogP contribution in [-0.2, 0) is 9.53 Å². The standard InChI is InChI=1S/C8H13NO2.ClH/c1-11-8(10)6-7-2-4-9-5-3-7;/h6,9H,2-5H2,1H3;1H. The zero-order chi connectivity index (χ0) is 8.10. The highest BCUT2D eigenvalue weighted by molar-refractivity contribution is 5.85. The first-order chi connectivity index (χ1) is 5.33. The molecule has 0 aliphatic carbocycles. The van der Waals surface area contributed by atoms with Gasteiger partial charge in [-0.1, -0.05) is 5.57 Å². The van der Waals surface area contributed by atoms with Gasteiger partial charge < -0.3 is 10.1 Å². The number of ether oxygens (including phenoxy) is 1. The van der Waals surface area contributed by atoms with Gasteiger partial charge >= 0.3 is 5.97 Å². The molecule has 1 rings (SSSR count). The van der Waals surface area contributed by atoms with Crippen molar-refractivity contribution in [3.05, 3.63) is 11.6 Å². The van der Waals surface area contributed by atoms with Crippen LogP contribution < -0.4 is 5.32 Å². The molecule has 0 aromatic rings. The van der Waals surface area contributed by atoms with E-state index in [0.29, 0.717) is 0 Å². The summed E-state index contributed by atoms with van der Waals surface area (Å²) in [4.78, 5) is 10.8. The summed E-state index contributed by atoms with van der Waals surface area (Å²) in [6, 6.07) is 0. The number of rotatable bonds is 1. The minimum atomic E-state index is -0.234. The Balaban J connectivity index is 0.00000121. The molecule has 0 spiro atoms. The van der Waals surface area contributed by atoms with E-state index in [2.05, 4.69) is 10.1 Å². The molecule has 1 saturated heterocycles. The van der Waals surface area contributed by atoms with Crippen molar-refractivity contribution < 1.29 is 9.53 Å². The molecule has 0 unspecified atom stereocenters. The number of hydrogen-bond acceptors (Lipinski definition) is 3. The first kappa shape index (κ1) is 11.5. The fraction of sp³-hybridized carbons (Fsp3) is 0.625. The van der Waals surface area contributed by atoms with E-state index in [0.717, 1.165) is 25.9 Å². The van der Waals surface area contributed by atoms with E-state index >= 15 is 0 Å². The van der Waals surface area contributed by atoms with Crippen molar-refractivity contribution in [2.45, 2.75) is 12.8 Å². The fourth-order valence-corrected chi connectivity index (χ4v) is 1.12. The third-order valence-electron chi connectivity index (χ3n) is 1.77. The normalized spacial score (nSPS) is 16.2. The van der Waals surface area contributed by atoms with Gasteiger partial charge in [-0.3, -0.25) is 0 Å². The number of carbonyl (C=O) groups excluding carboxylic acids is 1. The summed E-state index contributed by atoms with van der Waals surface area (Å²) >= 11 is 0. The van der Waals surface area contributed by atoms with Crippen LogP contribution in [0.4, 0.5) is 0 Å². The Labute approximate surface area is 78.6 Å². The summed E-state index contributed by atoms with van der Waals surface area (Å²) in [5, 5.41) is 3.21. The maximum absolute atomic E-state index is 10.8. The van der Waals surface area contributed by atoms with Crippen LogP contribution in [0.3, 0.4) is 0 Å². The number of halogens is 1. The molecule has 1 N–H and O–H groups in total. The zero-order valence-electron chi connectivity index (χ0n) is 7.13. The Morgan fingerprint density at radius 3 is 2.58 bits per heavy atom. The van der Waals surface area contributed by atoms with Crippen molar-refractivity contribution in [1.29, 1.82) is 0 Å². The first-order valence-corrected chi connectivity index (χ1v) is 3.81. The van der Waals surface area contributed by atoms with E-state index in [1.807, 2.05) is 0 Å². The molecule has 0 atom stereocenters. The first-order valence-electron chi connectivity index (χ1n) is 3.81. The topological polar surface area (TPSA) is 38.3 Å². The predicted octanol–water partition coefficient (Wildman–Crippen LogP) is 0.891. The number of piperidine rings is 1. The summed E-state index contributed by atoms with van der Waals surface area (Å²) < 4.78 is 4.52. The second kappa shape index (κ2) is 6.03. The van der Waals surface area contributed by atoms with E-state index in [1.165, 1.54) is 12.7 Å². The largest absolute Gasteiger partial charge is 0.466 e. The molecule has 0 bridgehead atoms. The van der Waals surface area contributed by atoms with Gasteiger partial charge in [-0.25, -0.2) is 4.79 Å². The lowest BCUT2D eigenvalue weighted by atomic mass is 10.1.